The first-order valence-electron chi connectivity index (χ1n) is 6.31. The van der Waals surface area contributed by atoms with Gasteiger partial charge in [-0.15, -0.1) is 5.10 Å². The van der Waals surface area contributed by atoms with Crippen molar-refractivity contribution in [2.75, 3.05) is 5.73 Å². The molecule has 0 bridgehead atoms. The van der Waals surface area contributed by atoms with Crippen molar-refractivity contribution < 1.29 is 9.59 Å². The third-order valence-corrected chi connectivity index (χ3v) is 3.52. The van der Waals surface area contributed by atoms with E-state index in [4.69, 9.17) is 5.73 Å². The molecule has 2 N–H and O–H groups in total. The summed E-state index contributed by atoms with van der Waals surface area (Å²) >= 11 is 0. The van der Waals surface area contributed by atoms with Gasteiger partial charge in [-0.25, -0.2) is 0 Å². The largest absolute Gasteiger partial charge is 0.398 e. The van der Waals surface area contributed by atoms with Crippen LogP contribution in [0.2, 0.25) is 0 Å². The van der Waals surface area contributed by atoms with Crippen molar-refractivity contribution >= 4 is 28.4 Å². The van der Waals surface area contributed by atoms with Gasteiger partial charge in [0, 0.05) is 19.2 Å². The van der Waals surface area contributed by atoms with E-state index in [0.717, 1.165) is 9.58 Å². The first-order valence-corrected chi connectivity index (χ1v) is 6.31. The van der Waals surface area contributed by atoms with Crippen LogP contribution in [-0.4, -0.2) is 31.7 Å². The van der Waals surface area contributed by atoms with Gasteiger partial charge < -0.3 is 5.73 Å². The molecule has 1 aromatic heterocycles. The Kier molecular flexibility index (Phi) is 2.93. The molecular formula is C13H12N5O3. The van der Waals surface area contributed by atoms with Gasteiger partial charge in [-0.2, -0.15) is 4.68 Å². The molecule has 1 saturated heterocycles. The zero-order valence-electron chi connectivity index (χ0n) is 11.0. The van der Waals surface area contributed by atoms with Gasteiger partial charge in [0.25, 0.3) is 11.5 Å². The first kappa shape index (κ1) is 13.2. The van der Waals surface area contributed by atoms with E-state index >= 15 is 0 Å². The number of imide groups is 1. The molecule has 8 nitrogen and oxygen atoms in total. The van der Waals surface area contributed by atoms with Crippen LogP contribution in [0.4, 0.5) is 5.69 Å². The molecule has 107 valence electrons. The second-order valence-corrected chi connectivity index (χ2v) is 4.80. The Labute approximate surface area is 119 Å². The van der Waals surface area contributed by atoms with E-state index in [0.29, 0.717) is 5.52 Å². The quantitative estimate of drug-likeness (QED) is 0.576. The fraction of sp³-hybridized carbons (Fsp3) is 0.231. The highest BCUT2D eigenvalue weighted by atomic mass is 16.2. The highest BCUT2D eigenvalue weighted by Crippen LogP contribution is 2.22. The van der Waals surface area contributed by atoms with Crippen LogP contribution in [0.3, 0.4) is 0 Å². The molecule has 8 heteroatoms. The fourth-order valence-electron chi connectivity index (χ4n) is 2.38. The number of hydrogen-bond acceptors (Lipinski definition) is 6. The highest BCUT2D eigenvalue weighted by molar-refractivity contribution is 6.00. The summed E-state index contributed by atoms with van der Waals surface area (Å²) < 4.78 is 0.978. The van der Waals surface area contributed by atoms with Crippen molar-refractivity contribution in [2.24, 2.45) is 0 Å². The lowest BCUT2D eigenvalue weighted by Crippen LogP contribution is -2.45. The topological polar surface area (TPSA) is 111 Å². The van der Waals surface area contributed by atoms with Crippen LogP contribution >= 0.6 is 0 Å². The number of piperidine rings is 1. The number of nitrogen functional groups attached to an aromatic ring is 1. The number of carbonyl (C=O) groups excluding carboxylic acids is 2. The van der Waals surface area contributed by atoms with E-state index in [1.165, 1.54) is 0 Å². The Balaban J connectivity index is 2.16. The van der Waals surface area contributed by atoms with Crippen LogP contribution in [0.5, 0.6) is 0 Å². The van der Waals surface area contributed by atoms with Gasteiger partial charge in [0.15, 0.2) is 0 Å². The normalized spacial score (nSPS) is 19.3. The third-order valence-electron chi connectivity index (χ3n) is 3.52. The molecule has 2 amide bonds. The number of hydrogen-bond donors (Lipinski definition) is 1. The molecule has 0 saturated carbocycles. The van der Waals surface area contributed by atoms with E-state index in [-0.39, 0.29) is 29.8 Å². The Bertz CT molecular complexity index is 813. The summed E-state index contributed by atoms with van der Waals surface area (Å²) in [5.41, 5.74) is 5.93. The SMILES string of the molecule is [CH2]N1C(=O)CCC(n2nnc3cccc(N)c3c2=O)C1=O. The molecular weight excluding hydrogens is 274 g/mol. The van der Waals surface area contributed by atoms with Crippen LogP contribution in [0, 0.1) is 7.05 Å². The van der Waals surface area contributed by atoms with Gasteiger partial charge >= 0.3 is 0 Å². The molecule has 0 aliphatic carbocycles. The second kappa shape index (κ2) is 4.65. The van der Waals surface area contributed by atoms with Gasteiger partial charge in [-0.3, -0.25) is 19.3 Å². The summed E-state index contributed by atoms with van der Waals surface area (Å²) in [5, 5.41) is 7.92. The summed E-state index contributed by atoms with van der Waals surface area (Å²) in [5.74, 6) is -0.950. The smallest absolute Gasteiger partial charge is 0.280 e. The zero-order chi connectivity index (χ0) is 15.1. The maximum atomic E-state index is 12.5. The third kappa shape index (κ3) is 1.95. The molecule has 1 aliphatic heterocycles. The van der Waals surface area contributed by atoms with Gasteiger partial charge in [-0.1, -0.05) is 11.3 Å². The van der Waals surface area contributed by atoms with Crippen molar-refractivity contribution in [3.05, 3.63) is 35.6 Å². The van der Waals surface area contributed by atoms with Crippen molar-refractivity contribution in [2.45, 2.75) is 18.9 Å². The van der Waals surface area contributed by atoms with Crippen LogP contribution in [0.15, 0.2) is 23.0 Å². The molecule has 1 unspecified atom stereocenters. The Morgan fingerprint density at radius 3 is 2.81 bits per heavy atom. The highest BCUT2D eigenvalue weighted by Gasteiger charge is 2.34. The fourth-order valence-corrected chi connectivity index (χ4v) is 2.38. The molecule has 1 fully saturated rings. The van der Waals surface area contributed by atoms with Crippen LogP contribution in [0.25, 0.3) is 10.9 Å². The second-order valence-electron chi connectivity index (χ2n) is 4.80. The molecule has 2 heterocycles. The van der Waals surface area contributed by atoms with E-state index < -0.39 is 17.5 Å². The minimum Gasteiger partial charge on any atom is -0.398 e. The molecule has 21 heavy (non-hydrogen) atoms. The minimum atomic E-state index is -0.885. The molecule has 0 spiro atoms. The summed E-state index contributed by atoms with van der Waals surface area (Å²) in [6, 6.07) is 3.97. The number of likely N-dealkylation sites (tertiary alicyclic amines) is 1. The molecule has 1 radical (unpaired) electrons. The zero-order valence-corrected chi connectivity index (χ0v) is 11.0. The average molecular weight is 286 g/mol. The lowest BCUT2D eigenvalue weighted by molar-refractivity contribution is -0.148. The average Bonchev–Trinajstić information content (AvgIpc) is 2.46. The number of rotatable bonds is 1. The van der Waals surface area contributed by atoms with E-state index in [1.807, 2.05) is 0 Å². The monoisotopic (exact) mass is 286 g/mol. The van der Waals surface area contributed by atoms with Crippen molar-refractivity contribution in [3.63, 3.8) is 0 Å². The number of nitrogens with zero attached hydrogens (tertiary/aromatic N) is 4. The summed E-state index contributed by atoms with van der Waals surface area (Å²) in [7, 11) is 3.39. The minimum absolute atomic E-state index is 0.121. The maximum Gasteiger partial charge on any atom is 0.280 e. The maximum absolute atomic E-state index is 12.5. The lowest BCUT2D eigenvalue weighted by Gasteiger charge is -2.27. The number of amides is 2. The predicted molar refractivity (Wildman–Crippen MR) is 73.7 cm³/mol. The van der Waals surface area contributed by atoms with Gasteiger partial charge in [-0.05, 0) is 18.6 Å². The van der Waals surface area contributed by atoms with E-state index in [1.54, 1.807) is 18.2 Å². The molecule has 1 aliphatic rings. The number of aromatic nitrogens is 3. The molecule has 1 atom stereocenters. The summed E-state index contributed by atoms with van der Waals surface area (Å²) in [6.07, 6.45) is 0.312. The number of carbonyl (C=O) groups is 2. The lowest BCUT2D eigenvalue weighted by atomic mass is 10.0. The number of anilines is 1. The Hall–Kier alpha value is -2.77. The van der Waals surface area contributed by atoms with Crippen molar-refractivity contribution in [1.29, 1.82) is 0 Å². The summed E-state index contributed by atoms with van der Waals surface area (Å²) in [6.45, 7) is 0. The standard InChI is InChI=1S/C13H12N5O3/c1-17-10(19)6-5-9(12(17)20)18-13(21)11-7(14)3-2-4-8(11)15-16-18/h2-4,9H,1,5-6,14H2. The van der Waals surface area contributed by atoms with E-state index in [2.05, 4.69) is 17.4 Å². The Morgan fingerprint density at radius 2 is 2.05 bits per heavy atom. The Morgan fingerprint density at radius 1 is 1.29 bits per heavy atom. The number of benzene rings is 1. The molecule has 2 aromatic rings. The molecule has 1 aromatic carbocycles. The number of nitrogens with two attached hydrogens (primary N) is 1. The van der Waals surface area contributed by atoms with Crippen LogP contribution in [-0.2, 0) is 9.59 Å². The van der Waals surface area contributed by atoms with Crippen LogP contribution in [0.1, 0.15) is 18.9 Å². The van der Waals surface area contributed by atoms with Gasteiger partial charge in [0.2, 0.25) is 5.91 Å². The van der Waals surface area contributed by atoms with Crippen molar-refractivity contribution in [1.82, 2.24) is 19.9 Å². The van der Waals surface area contributed by atoms with Crippen molar-refractivity contribution in [3.8, 4) is 0 Å². The summed E-state index contributed by atoms with van der Waals surface area (Å²) in [4.78, 5) is 36.8. The molecule has 3 rings (SSSR count). The number of fused-ring (bicyclic) bond motifs is 1. The van der Waals surface area contributed by atoms with Crippen LogP contribution < -0.4 is 11.3 Å². The predicted octanol–water partition coefficient (Wildman–Crippen LogP) is -0.145. The first-order chi connectivity index (χ1) is 10.0. The van der Waals surface area contributed by atoms with E-state index in [9.17, 15) is 14.4 Å². The van der Waals surface area contributed by atoms with Gasteiger partial charge in [0.1, 0.15) is 11.6 Å². The van der Waals surface area contributed by atoms with Gasteiger partial charge in [0.05, 0.1) is 5.39 Å².